The van der Waals surface area contributed by atoms with Gasteiger partial charge in [0.1, 0.15) is 23.3 Å². The van der Waals surface area contributed by atoms with Crippen molar-refractivity contribution in [1.82, 2.24) is 0 Å². The normalized spacial score (nSPS) is 23.8. The van der Waals surface area contributed by atoms with Crippen molar-refractivity contribution in [3.8, 4) is 9.75 Å². The molecule has 2 heterocycles. The van der Waals surface area contributed by atoms with Gasteiger partial charge in [-0.3, -0.25) is 19.2 Å². The standard InChI is InChI=1S/C50H38F4O4S2/c51-26-20-28-29(42(55)45(58)37(28)33(54)23-26)16-24-18-34-38(48(24)10-4-1-5-11-48)40-46(59-34)47-41(50(40)14-8-3-9-15-50)39-35(60-47)19-25(49(39)12-6-2-7-13-49)17-30-36-31(44(57)43(30)56)21-27(52)22-32(36)53/h16-23H,1-15H2/b29-16-,30-17-. The van der Waals surface area contributed by atoms with Crippen LogP contribution in [0.15, 0.2) is 47.6 Å². The predicted molar refractivity (Wildman–Crippen MR) is 224 cm³/mol. The maximum Gasteiger partial charge on any atom is 0.237 e. The maximum absolute atomic E-state index is 15.5. The Balaban J connectivity index is 1.04. The zero-order chi connectivity index (χ0) is 41.0. The van der Waals surface area contributed by atoms with Gasteiger partial charge < -0.3 is 0 Å². The number of thiophene rings is 2. The molecular formula is C50H38F4O4S2. The summed E-state index contributed by atoms with van der Waals surface area (Å²) in [6.07, 6.45) is 22.7. The Morgan fingerprint density at radius 1 is 0.450 bits per heavy atom. The molecule has 8 aliphatic carbocycles. The van der Waals surface area contributed by atoms with Crippen LogP contribution < -0.4 is 0 Å². The summed E-state index contributed by atoms with van der Waals surface area (Å²) in [4.78, 5) is 58.3. The molecule has 10 heteroatoms. The maximum atomic E-state index is 15.5. The Bertz CT molecular complexity index is 2880. The molecule has 0 unspecified atom stereocenters. The van der Waals surface area contributed by atoms with Crippen LogP contribution in [0.1, 0.15) is 160 Å². The highest BCUT2D eigenvalue weighted by molar-refractivity contribution is 7.24. The highest BCUT2D eigenvalue weighted by Crippen LogP contribution is 2.71. The van der Waals surface area contributed by atoms with E-state index in [1.807, 2.05) is 0 Å². The third kappa shape index (κ3) is 4.62. The molecule has 3 saturated carbocycles. The molecule has 3 spiro atoms. The Morgan fingerprint density at radius 2 is 0.883 bits per heavy atom. The molecular weight excluding hydrogens is 805 g/mol. The fourth-order valence-electron chi connectivity index (χ4n) is 13.0. The molecule has 3 fully saturated rings. The van der Waals surface area contributed by atoms with Crippen LogP contribution in [0.2, 0.25) is 0 Å². The van der Waals surface area contributed by atoms with Gasteiger partial charge in [0.2, 0.25) is 23.1 Å². The van der Waals surface area contributed by atoms with Crippen molar-refractivity contribution < 1.29 is 36.7 Å². The summed E-state index contributed by atoms with van der Waals surface area (Å²) in [6, 6.07) is 3.47. The number of carbonyl (C=O) groups excluding carboxylic acids is 4. The minimum Gasteiger partial charge on any atom is -0.285 e. The van der Waals surface area contributed by atoms with Gasteiger partial charge in [-0.25, -0.2) is 17.6 Å². The molecule has 60 heavy (non-hydrogen) atoms. The molecule has 0 amide bonds. The average molecular weight is 843 g/mol. The number of hydrogen-bond donors (Lipinski definition) is 0. The summed E-state index contributed by atoms with van der Waals surface area (Å²) in [5.74, 6) is -7.07. The first kappa shape index (κ1) is 37.0. The molecule has 0 aliphatic heterocycles. The number of benzene rings is 2. The minimum absolute atomic E-state index is 0.00214. The Labute approximate surface area is 351 Å². The van der Waals surface area contributed by atoms with Crippen LogP contribution >= 0.6 is 22.7 Å². The SMILES string of the molecule is O=C1C(=O)c2c(F)cc(F)cc2/C1=C/C1=Cc2sc3c(c2C12CCCCC2)C1(CCCCC1)c1c-3sc2c1C1(CCCCC1)C(/C=C1\C(=O)C(=O)c3cc(F)cc(F)c31)=C2. The highest BCUT2D eigenvalue weighted by Gasteiger charge is 2.58. The monoisotopic (exact) mass is 842 g/mol. The van der Waals surface area contributed by atoms with Crippen LogP contribution in [0.25, 0.3) is 33.1 Å². The third-order valence-corrected chi connectivity index (χ3v) is 17.9. The molecule has 302 valence electrons. The highest BCUT2D eigenvalue weighted by atomic mass is 32.1. The second-order valence-electron chi connectivity index (χ2n) is 18.3. The van der Waals surface area contributed by atoms with E-state index in [1.54, 1.807) is 34.8 Å². The van der Waals surface area contributed by atoms with Gasteiger partial charge in [-0.05, 0) is 108 Å². The number of hydrogen-bond acceptors (Lipinski definition) is 6. The van der Waals surface area contributed by atoms with E-state index in [-0.39, 0.29) is 38.8 Å². The largest absolute Gasteiger partial charge is 0.285 e. The molecule has 0 N–H and O–H groups in total. The van der Waals surface area contributed by atoms with Crippen LogP contribution in [-0.4, -0.2) is 23.1 Å². The summed E-state index contributed by atoms with van der Waals surface area (Å²) in [5, 5.41) is 0. The number of rotatable bonds is 2. The van der Waals surface area contributed by atoms with E-state index in [0.29, 0.717) is 6.07 Å². The van der Waals surface area contributed by atoms with Gasteiger partial charge in [0.15, 0.2) is 0 Å². The lowest BCUT2D eigenvalue weighted by molar-refractivity contribution is -0.110. The summed E-state index contributed by atoms with van der Waals surface area (Å²) in [5.41, 5.74) is 5.58. The zero-order valence-corrected chi connectivity index (χ0v) is 34.3. The van der Waals surface area contributed by atoms with Gasteiger partial charge in [0.05, 0.1) is 5.56 Å². The molecule has 0 radical (unpaired) electrons. The summed E-state index contributed by atoms with van der Waals surface area (Å²) in [7, 11) is 0. The number of fused-ring (bicyclic) bond motifs is 13. The van der Waals surface area contributed by atoms with E-state index in [9.17, 15) is 32.3 Å². The zero-order valence-electron chi connectivity index (χ0n) is 32.7. The molecule has 0 bridgehead atoms. The van der Waals surface area contributed by atoms with Crippen molar-refractivity contribution in [2.24, 2.45) is 0 Å². The molecule has 4 aromatic rings. The lowest BCUT2D eigenvalue weighted by atomic mass is 9.58. The second-order valence-corrected chi connectivity index (χ2v) is 20.4. The van der Waals surface area contributed by atoms with Crippen molar-refractivity contribution in [2.45, 2.75) is 113 Å². The summed E-state index contributed by atoms with van der Waals surface area (Å²) in [6.45, 7) is 0. The number of carbonyl (C=O) groups is 4. The lowest BCUT2D eigenvalue weighted by Crippen LogP contribution is -2.37. The van der Waals surface area contributed by atoms with E-state index in [0.717, 1.165) is 135 Å². The van der Waals surface area contributed by atoms with Crippen molar-refractivity contribution in [1.29, 1.82) is 0 Å². The van der Waals surface area contributed by atoms with Crippen LogP contribution in [0, 0.1) is 23.3 Å². The van der Waals surface area contributed by atoms with E-state index >= 15 is 4.39 Å². The lowest BCUT2D eigenvalue weighted by Gasteiger charge is -2.44. The topological polar surface area (TPSA) is 68.3 Å². The van der Waals surface area contributed by atoms with Crippen LogP contribution in [-0.2, 0) is 25.8 Å². The minimum atomic E-state index is -1.02. The number of Topliss-reactive ketones (excluding diaryl/α,β-unsaturated/α-hetero) is 4. The smallest absolute Gasteiger partial charge is 0.237 e. The predicted octanol–water partition coefficient (Wildman–Crippen LogP) is 12.5. The molecule has 2 aromatic carbocycles. The van der Waals surface area contributed by atoms with Gasteiger partial charge in [0.25, 0.3) is 0 Å². The van der Waals surface area contributed by atoms with E-state index in [4.69, 9.17) is 0 Å². The number of halogens is 4. The first-order valence-electron chi connectivity index (χ1n) is 21.4. The van der Waals surface area contributed by atoms with E-state index in [2.05, 4.69) is 12.2 Å². The Hall–Kier alpha value is -4.80. The molecule has 0 saturated heterocycles. The summed E-state index contributed by atoms with van der Waals surface area (Å²) < 4.78 is 59.4. The Morgan fingerprint density at radius 3 is 1.40 bits per heavy atom. The second kappa shape index (κ2) is 12.6. The molecule has 0 atom stereocenters. The van der Waals surface area contributed by atoms with Crippen LogP contribution in [0.4, 0.5) is 17.6 Å². The van der Waals surface area contributed by atoms with Gasteiger partial charge in [-0.1, -0.05) is 57.8 Å². The van der Waals surface area contributed by atoms with Crippen molar-refractivity contribution >= 4 is 69.1 Å². The van der Waals surface area contributed by atoms with Crippen molar-refractivity contribution in [3.05, 3.63) is 125 Å². The van der Waals surface area contributed by atoms with E-state index in [1.165, 1.54) is 32.0 Å². The molecule has 2 aromatic heterocycles. The number of ketones is 4. The van der Waals surface area contributed by atoms with Crippen molar-refractivity contribution in [3.63, 3.8) is 0 Å². The van der Waals surface area contributed by atoms with E-state index < -0.39 is 57.2 Å². The summed E-state index contributed by atoms with van der Waals surface area (Å²) >= 11 is 3.60. The van der Waals surface area contributed by atoms with Gasteiger partial charge in [0, 0.05) is 75.7 Å². The molecule has 4 nitrogen and oxygen atoms in total. The first-order valence-corrected chi connectivity index (χ1v) is 23.0. The molecule has 12 rings (SSSR count). The third-order valence-electron chi connectivity index (χ3n) is 15.4. The molecule has 8 aliphatic rings. The van der Waals surface area contributed by atoms with Gasteiger partial charge >= 0.3 is 0 Å². The van der Waals surface area contributed by atoms with Gasteiger partial charge in [-0.15, -0.1) is 22.7 Å². The average Bonchev–Trinajstić information content (AvgIpc) is 4.06. The van der Waals surface area contributed by atoms with Crippen LogP contribution in [0.3, 0.4) is 0 Å². The fourth-order valence-corrected chi connectivity index (χ4v) is 16.1. The van der Waals surface area contributed by atoms with Gasteiger partial charge in [-0.2, -0.15) is 0 Å². The van der Waals surface area contributed by atoms with Crippen LogP contribution in [0.5, 0.6) is 0 Å². The quantitative estimate of drug-likeness (QED) is 0.115. The van der Waals surface area contributed by atoms with Crippen molar-refractivity contribution in [2.75, 3.05) is 0 Å². The first-order chi connectivity index (χ1) is 29.0. The number of allylic oxidation sites excluding steroid dienone is 6. The Kier molecular flexibility index (Phi) is 7.79. The fraction of sp³-hybridized carbons (Fsp3) is 0.360.